The molecule has 50 heavy (non-hydrogen) atoms. The van der Waals surface area contributed by atoms with Crippen molar-refractivity contribution in [2.24, 2.45) is 5.92 Å². The maximum absolute atomic E-state index is 14.4. The molecule has 4 amide bonds. The van der Waals surface area contributed by atoms with Crippen LogP contribution < -0.4 is 15.4 Å². The summed E-state index contributed by atoms with van der Waals surface area (Å²) in [5.74, 6) is -2.06. The van der Waals surface area contributed by atoms with E-state index < -0.39 is 62.3 Å². The number of benzene rings is 2. The summed E-state index contributed by atoms with van der Waals surface area (Å²) in [6, 6.07) is 12.3. The van der Waals surface area contributed by atoms with Crippen molar-refractivity contribution in [2.45, 2.75) is 107 Å². The maximum atomic E-state index is 14.4. The Morgan fingerprint density at radius 3 is 2.52 bits per heavy atom. The lowest BCUT2D eigenvalue weighted by molar-refractivity contribution is -0.146. The third kappa shape index (κ3) is 8.31. The number of hydrogen-bond acceptors (Lipinski definition) is 8. The average Bonchev–Trinajstić information content (AvgIpc) is 3.99. The number of ether oxygens (including phenoxy) is 1. The fraction of sp³-hybridized carbons (Fsp3) is 0.568. The number of carbonyl (C=O) groups is 4. The zero-order valence-corrected chi connectivity index (χ0v) is 30.0. The van der Waals surface area contributed by atoms with Gasteiger partial charge in [-0.3, -0.25) is 24.0 Å². The second-order valence-electron chi connectivity index (χ2n) is 15.1. The van der Waals surface area contributed by atoms with Crippen molar-refractivity contribution in [3.05, 3.63) is 60.2 Å². The quantitative estimate of drug-likeness (QED) is 0.384. The lowest BCUT2D eigenvalue weighted by Crippen LogP contribution is -2.65. The molecule has 270 valence electrons. The molecule has 2 heterocycles. The molecule has 12 nitrogen and oxygen atoms in total. The number of piperazine rings is 1. The first-order valence-electron chi connectivity index (χ1n) is 17.8. The van der Waals surface area contributed by atoms with E-state index in [1.807, 2.05) is 30.4 Å². The van der Waals surface area contributed by atoms with Crippen molar-refractivity contribution in [2.75, 3.05) is 19.6 Å². The van der Waals surface area contributed by atoms with E-state index in [0.29, 0.717) is 38.8 Å². The van der Waals surface area contributed by atoms with Crippen molar-refractivity contribution >= 4 is 44.6 Å². The second-order valence-corrected chi connectivity index (χ2v) is 17.1. The Labute approximate surface area is 294 Å². The molecule has 1 unspecified atom stereocenters. The highest BCUT2D eigenvalue weighted by atomic mass is 32.2. The second kappa shape index (κ2) is 14.3. The summed E-state index contributed by atoms with van der Waals surface area (Å²) in [5, 5.41) is 7.32. The van der Waals surface area contributed by atoms with Gasteiger partial charge in [-0.25, -0.2) is 13.2 Å². The summed E-state index contributed by atoms with van der Waals surface area (Å²) < 4.78 is 33.4. The third-order valence-corrected chi connectivity index (χ3v) is 11.8. The predicted octanol–water partition coefficient (Wildman–Crippen LogP) is 3.75. The SMILES string of the molecule is CC(C)(C)OC(=O)N[C@H]1CCCCC/C=C/C2C[C@]2(C(=O)NS(=O)(=O)C2CC2)NC(=O)[C@@H]2CN(Cc3cccc4ccccc34)CCN2C1=O. The van der Waals surface area contributed by atoms with E-state index in [-0.39, 0.29) is 25.4 Å². The fourth-order valence-electron chi connectivity index (χ4n) is 7.06. The van der Waals surface area contributed by atoms with Gasteiger partial charge >= 0.3 is 6.09 Å². The van der Waals surface area contributed by atoms with E-state index in [0.717, 1.165) is 35.6 Å². The van der Waals surface area contributed by atoms with E-state index in [4.69, 9.17) is 4.74 Å². The molecule has 2 saturated carbocycles. The minimum absolute atomic E-state index is 0.179. The van der Waals surface area contributed by atoms with Gasteiger partial charge in [0.05, 0.1) is 5.25 Å². The molecular weight excluding hydrogens is 659 g/mol. The van der Waals surface area contributed by atoms with Crippen molar-refractivity contribution in [1.82, 2.24) is 25.2 Å². The Morgan fingerprint density at radius 2 is 1.76 bits per heavy atom. The average molecular weight is 708 g/mol. The molecule has 2 aliphatic carbocycles. The number of nitrogens with zero attached hydrogens (tertiary/aromatic N) is 2. The van der Waals surface area contributed by atoms with E-state index in [1.54, 1.807) is 20.8 Å². The van der Waals surface area contributed by atoms with Crippen LogP contribution in [0.1, 0.15) is 77.7 Å². The van der Waals surface area contributed by atoms with Gasteiger partial charge in [-0.15, -0.1) is 0 Å². The summed E-state index contributed by atoms with van der Waals surface area (Å²) in [4.78, 5) is 59.0. The topological polar surface area (TPSA) is 154 Å². The van der Waals surface area contributed by atoms with Crippen molar-refractivity contribution in [3.8, 4) is 0 Å². The predicted molar refractivity (Wildman–Crippen MR) is 189 cm³/mol. The molecule has 6 rings (SSSR count). The van der Waals surface area contributed by atoms with Crippen LogP contribution in [0.4, 0.5) is 4.79 Å². The maximum Gasteiger partial charge on any atom is 0.408 e. The third-order valence-electron chi connectivity index (χ3n) is 10.0. The molecule has 2 aromatic rings. The highest BCUT2D eigenvalue weighted by Gasteiger charge is 2.62. The van der Waals surface area contributed by atoms with Gasteiger partial charge in [0, 0.05) is 32.1 Å². The zero-order chi connectivity index (χ0) is 35.7. The molecule has 0 bridgehead atoms. The first-order chi connectivity index (χ1) is 23.8. The van der Waals surface area contributed by atoms with E-state index in [2.05, 4.69) is 44.5 Å². The number of allylic oxidation sites excluding steroid dienone is 1. The first kappa shape index (κ1) is 35.8. The van der Waals surface area contributed by atoms with E-state index in [1.165, 1.54) is 4.90 Å². The molecule has 2 aliphatic heterocycles. The van der Waals surface area contributed by atoms with Crippen LogP contribution in [0, 0.1) is 5.92 Å². The van der Waals surface area contributed by atoms with Gasteiger partial charge in [-0.2, -0.15) is 0 Å². The van der Waals surface area contributed by atoms with Gasteiger partial charge in [0.2, 0.25) is 21.8 Å². The largest absolute Gasteiger partial charge is 0.444 e. The van der Waals surface area contributed by atoms with Gasteiger partial charge in [-0.05, 0) is 75.6 Å². The number of alkyl carbamates (subject to hydrolysis) is 1. The lowest BCUT2D eigenvalue weighted by Gasteiger charge is -2.42. The monoisotopic (exact) mass is 707 g/mol. The van der Waals surface area contributed by atoms with E-state index >= 15 is 0 Å². The van der Waals surface area contributed by atoms with Crippen LogP contribution in [0.25, 0.3) is 10.8 Å². The molecule has 4 atom stereocenters. The molecule has 13 heteroatoms. The summed E-state index contributed by atoms with van der Waals surface area (Å²) in [6.07, 6.45) is 7.81. The highest BCUT2D eigenvalue weighted by molar-refractivity contribution is 7.91. The van der Waals surface area contributed by atoms with Crippen molar-refractivity contribution in [3.63, 3.8) is 0 Å². The first-order valence-corrected chi connectivity index (χ1v) is 19.3. The molecule has 1 saturated heterocycles. The minimum Gasteiger partial charge on any atom is -0.444 e. The van der Waals surface area contributed by atoms with Crippen molar-refractivity contribution < 1.29 is 32.3 Å². The number of sulfonamides is 1. The Hall–Kier alpha value is -3.97. The minimum atomic E-state index is -3.86. The molecule has 3 fully saturated rings. The van der Waals surface area contributed by atoms with Crippen LogP contribution in [0.15, 0.2) is 54.6 Å². The zero-order valence-electron chi connectivity index (χ0n) is 29.2. The fourth-order valence-corrected chi connectivity index (χ4v) is 8.43. The Morgan fingerprint density at radius 1 is 1.00 bits per heavy atom. The number of carbonyl (C=O) groups excluding carboxylic acids is 4. The molecule has 0 aromatic heterocycles. The standard InChI is InChI=1S/C37H49N5O7S/c1-36(2,3)49-35(46)38-30-17-8-6-4-5-7-15-27-22-37(27,34(45)40-50(47,48)28-18-19-28)39-32(43)31-24-41(20-21-42(31)33(30)44)23-26-14-11-13-25-12-9-10-16-29(25)26/h7,9-16,27-28,30-31H,4-6,8,17-24H2,1-3H3,(H,38,46)(H,39,43)(H,40,45)/b15-7+/t27?,30-,31-,37-/m0/s1. The van der Waals surface area contributed by atoms with Gasteiger partial charge in [0.25, 0.3) is 5.91 Å². The number of hydrogen-bond donors (Lipinski definition) is 3. The molecule has 3 N–H and O–H groups in total. The van der Waals surface area contributed by atoms with Crippen LogP contribution >= 0.6 is 0 Å². The van der Waals surface area contributed by atoms with Crippen molar-refractivity contribution in [1.29, 1.82) is 0 Å². The normalized spacial score (nSPS) is 27.5. The molecule has 0 spiro atoms. The van der Waals surface area contributed by atoms with Gasteiger partial charge in [0.15, 0.2) is 0 Å². The number of rotatable bonds is 6. The van der Waals surface area contributed by atoms with Gasteiger partial charge < -0.3 is 20.3 Å². The number of amides is 4. The Bertz CT molecular complexity index is 1760. The smallest absolute Gasteiger partial charge is 0.408 e. The van der Waals surface area contributed by atoms with Gasteiger partial charge in [-0.1, -0.05) is 67.5 Å². The Kier molecular flexibility index (Phi) is 10.3. The van der Waals surface area contributed by atoms with Gasteiger partial charge in [0.1, 0.15) is 23.2 Å². The molecule has 0 radical (unpaired) electrons. The van der Waals surface area contributed by atoms with Crippen LogP contribution in [0.2, 0.25) is 0 Å². The van der Waals surface area contributed by atoms with Crippen LogP contribution in [0.5, 0.6) is 0 Å². The number of fused-ring (bicyclic) bond motifs is 3. The van der Waals surface area contributed by atoms with Crippen LogP contribution in [-0.4, -0.2) is 90.1 Å². The lowest BCUT2D eigenvalue weighted by atomic mass is 10.0. The summed E-state index contributed by atoms with van der Waals surface area (Å²) >= 11 is 0. The Balaban J connectivity index is 1.30. The summed E-state index contributed by atoms with van der Waals surface area (Å²) in [6.45, 7) is 6.66. The number of nitrogens with one attached hydrogen (secondary N) is 3. The summed E-state index contributed by atoms with van der Waals surface area (Å²) in [5.41, 5.74) is -1.13. The van der Waals surface area contributed by atoms with Crippen LogP contribution in [0.3, 0.4) is 0 Å². The summed E-state index contributed by atoms with van der Waals surface area (Å²) in [7, 11) is -3.86. The molecular formula is C37H49N5O7S. The highest BCUT2D eigenvalue weighted by Crippen LogP contribution is 2.46. The van der Waals surface area contributed by atoms with E-state index in [9.17, 15) is 27.6 Å². The molecule has 2 aromatic carbocycles. The van der Waals surface area contributed by atoms with Crippen LogP contribution in [-0.2, 0) is 35.7 Å². The molecule has 4 aliphatic rings.